The molecule has 6 aromatic carbocycles. The molecule has 0 saturated heterocycles. The molecule has 41 heavy (non-hydrogen) atoms. The molecule has 1 nitrogen and oxygen atoms in total. The maximum Gasteiger partial charge on any atom is 0.415 e. The third-order valence-corrected chi connectivity index (χ3v) is 8.93. The van der Waals surface area contributed by atoms with Crippen molar-refractivity contribution in [3.8, 4) is 5.75 Å². The van der Waals surface area contributed by atoms with E-state index in [-0.39, 0.29) is 0 Å². The predicted octanol–water partition coefficient (Wildman–Crippen LogP) is 8.62. The molecule has 1 aliphatic heterocycles. The third kappa shape index (κ3) is 4.02. The second kappa shape index (κ2) is 9.98. The van der Waals surface area contributed by atoms with Gasteiger partial charge in [0.15, 0.2) is 0 Å². The van der Waals surface area contributed by atoms with E-state index in [0.29, 0.717) is 0 Å². The van der Waals surface area contributed by atoms with Crippen molar-refractivity contribution in [1.82, 2.24) is 0 Å². The number of aryl methyl sites for hydroxylation is 2. The summed E-state index contributed by atoms with van der Waals surface area (Å²) in [7, 11) is 2.21. The Morgan fingerprint density at radius 3 is 1.78 bits per heavy atom. The molecule has 0 bridgehead atoms. The second-order valence-electron chi connectivity index (χ2n) is 11.4. The molecule has 1 atom stereocenters. The van der Waals surface area contributed by atoms with Crippen LogP contribution in [0.5, 0.6) is 5.75 Å². The molecule has 0 spiro atoms. The van der Waals surface area contributed by atoms with Gasteiger partial charge in [-0.2, -0.15) is 0 Å². The van der Waals surface area contributed by atoms with Crippen LogP contribution in [0.1, 0.15) is 27.8 Å². The lowest BCUT2D eigenvalue weighted by molar-refractivity contribution is 0.173. The molecule has 0 saturated carbocycles. The van der Waals surface area contributed by atoms with Crippen LogP contribution in [-0.4, -0.2) is 13.5 Å². The van der Waals surface area contributed by atoms with Gasteiger partial charge in [-0.3, -0.25) is 0 Å². The molecule has 0 radical (unpaired) electrons. The van der Waals surface area contributed by atoms with E-state index in [0.717, 1.165) is 5.75 Å². The molecule has 0 aliphatic carbocycles. The Hall–Kier alpha value is -4.82. The fraction of sp³-hybridized carbons (Fsp3) is 0.0769. The van der Waals surface area contributed by atoms with E-state index in [4.69, 9.17) is 0 Å². The minimum atomic E-state index is -1.67. The van der Waals surface area contributed by atoms with Gasteiger partial charge in [0.2, 0.25) is 5.75 Å². The van der Waals surface area contributed by atoms with Gasteiger partial charge < -0.3 is 4.28 Å². The number of rotatable bonds is 4. The molecule has 198 valence electrons. The van der Waals surface area contributed by atoms with E-state index in [9.17, 15) is 0 Å². The lowest BCUT2D eigenvalue weighted by Gasteiger charge is -2.55. The quantitative estimate of drug-likeness (QED) is 0.159. The zero-order valence-electron chi connectivity index (χ0n) is 23.8. The summed E-state index contributed by atoms with van der Waals surface area (Å²) in [5.74, 6) is 1.16. The summed E-state index contributed by atoms with van der Waals surface area (Å²) in [6, 6.07) is 53.7. The van der Waals surface area contributed by atoms with Gasteiger partial charge >= 0.3 is 6.35 Å². The molecule has 1 unspecified atom stereocenters. The van der Waals surface area contributed by atoms with Crippen molar-refractivity contribution in [3.63, 3.8) is 0 Å². The van der Waals surface area contributed by atoms with E-state index in [2.05, 4.69) is 171 Å². The topological polar surface area (TPSA) is 2.70 Å². The maximum absolute atomic E-state index is 3.72. The number of para-hydroxylation sites is 1. The fourth-order valence-electron chi connectivity index (χ4n) is 6.93. The van der Waals surface area contributed by atoms with Gasteiger partial charge in [0.1, 0.15) is 7.11 Å². The highest BCUT2D eigenvalue weighted by atomic mass is 16.6. The van der Waals surface area contributed by atoms with Gasteiger partial charge in [0, 0.05) is 6.07 Å². The van der Waals surface area contributed by atoms with Crippen LogP contribution in [0.2, 0.25) is 0 Å². The summed E-state index contributed by atoms with van der Waals surface area (Å²) in [5.41, 5.74) is 11.4. The first-order chi connectivity index (χ1) is 20.1. The highest BCUT2D eigenvalue weighted by molar-refractivity contribution is 7.12. The standard InChI is InChI=1S/C39H33BO/c1-28-17-21-31(22-18-28)38-36-15-9-10-16-37(36)41(3)40(34-13-5-4-6-14-34,35-25-19-29(2)20-26-35)39(38)33-24-23-30-11-7-8-12-32(30)27-33/h4-27H,1-3H3. The van der Waals surface area contributed by atoms with Gasteiger partial charge in [-0.15, -0.1) is 10.9 Å². The summed E-state index contributed by atoms with van der Waals surface area (Å²) in [5, 5.41) is 2.49. The molecule has 2 heteroatoms. The van der Waals surface area contributed by atoms with E-state index in [1.54, 1.807) is 0 Å². The number of fused-ring (bicyclic) bond motifs is 2. The van der Waals surface area contributed by atoms with Crippen molar-refractivity contribution in [3.05, 3.63) is 173 Å². The van der Waals surface area contributed by atoms with Gasteiger partial charge in [-0.25, -0.2) is 0 Å². The third-order valence-electron chi connectivity index (χ3n) is 8.93. The van der Waals surface area contributed by atoms with Gasteiger partial charge in [-0.1, -0.05) is 144 Å². The van der Waals surface area contributed by atoms with Crippen LogP contribution in [0.3, 0.4) is 0 Å². The Bertz CT molecular complexity index is 1900. The zero-order chi connectivity index (χ0) is 28.0. The van der Waals surface area contributed by atoms with Gasteiger partial charge in [-0.05, 0) is 53.5 Å². The van der Waals surface area contributed by atoms with Crippen LogP contribution >= 0.6 is 0 Å². The zero-order valence-corrected chi connectivity index (χ0v) is 23.8. The average Bonchev–Trinajstić information content (AvgIpc) is 3.02. The van der Waals surface area contributed by atoms with Gasteiger partial charge in [0.25, 0.3) is 0 Å². The van der Waals surface area contributed by atoms with E-state index in [1.165, 1.54) is 60.6 Å². The van der Waals surface area contributed by atoms with Crippen molar-refractivity contribution in [1.29, 1.82) is 0 Å². The highest BCUT2D eigenvalue weighted by Crippen LogP contribution is 2.51. The summed E-state index contributed by atoms with van der Waals surface area (Å²) in [4.78, 5) is 0. The molecular formula is C39H33BO. The van der Waals surface area contributed by atoms with E-state index >= 15 is 0 Å². The van der Waals surface area contributed by atoms with Crippen LogP contribution < -0.4 is 10.9 Å². The SMILES string of the molecule is Cc1ccc(C2=C(c3ccc4ccccc4c3)[B-](c3ccccc3)(c3ccc(C)cc3)[O+](C)c3ccccc32)cc1. The minimum absolute atomic E-state index is 1.16. The van der Waals surface area contributed by atoms with Crippen LogP contribution in [0.25, 0.3) is 21.8 Å². The second-order valence-corrected chi connectivity index (χ2v) is 11.4. The number of benzene rings is 6. The molecule has 6 aromatic rings. The molecule has 1 heterocycles. The Kier molecular flexibility index (Phi) is 6.13. The summed E-state index contributed by atoms with van der Waals surface area (Å²) < 4.78 is 3.72. The Morgan fingerprint density at radius 2 is 1.05 bits per heavy atom. The Morgan fingerprint density at radius 1 is 0.488 bits per heavy atom. The minimum Gasteiger partial charge on any atom is -0.810 e. The maximum atomic E-state index is 3.72. The van der Waals surface area contributed by atoms with Crippen molar-refractivity contribution < 1.29 is 4.28 Å². The smallest absolute Gasteiger partial charge is 0.415 e. The molecule has 0 aromatic heterocycles. The van der Waals surface area contributed by atoms with Crippen LogP contribution in [-0.2, 0) is 4.28 Å². The highest BCUT2D eigenvalue weighted by Gasteiger charge is 2.51. The monoisotopic (exact) mass is 528 g/mol. The summed E-state index contributed by atoms with van der Waals surface area (Å²) in [6.07, 6.45) is -1.67. The first kappa shape index (κ1) is 25.2. The number of hydrogen-bond acceptors (Lipinski definition) is 0. The summed E-state index contributed by atoms with van der Waals surface area (Å²) >= 11 is 0. The molecule has 0 fully saturated rings. The van der Waals surface area contributed by atoms with Gasteiger partial charge in [0.05, 0.1) is 5.56 Å². The average molecular weight is 529 g/mol. The fourth-order valence-corrected chi connectivity index (χ4v) is 6.93. The molecule has 0 amide bonds. The lowest BCUT2D eigenvalue weighted by atomic mass is 9.25. The Balaban J connectivity index is 1.71. The lowest BCUT2D eigenvalue weighted by Crippen LogP contribution is -2.66. The molecular weight excluding hydrogens is 495 g/mol. The summed E-state index contributed by atoms with van der Waals surface area (Å²) in [6.45, 7) is 4.32. The van der Waals surface area contributed by atoms with Crippen molar-refractivity contribution in [2.75, 3.05) is 7.11 Å². The molecule has 0 N–H and O–H groups in total. The normalized spacial score (nSPS) is 16.6. The van der Waals surface area contributed by atoms with E-state index < -0.39 is 6.35 Å². The van der Waals surface area contributed by atoms with E-state index in [1.807, 2.05) is 0 Å². The number of hydrogen-bond donors (Lipinski definition) is 0. The van der Waals surface area contributed by atoms with Crippen LogP contribution in [0, 0.1) is 13.8 Å². The van der Waals surface area contributed by atoms with Crippen molar-refractivity contribution in [2.45, 2.75) is 13.8 Å². The first-order valence-corrected chi connectivity index (χ1v) is 14.4. The van der Waals surface area contributed by atoms with Crippen molar-refractivity contribution in [2.24, 2.45) is 0 Å². The largest absolute Gasteiger partial charge is 0.810 e. The molecule has 1 aliphatic rings. The molecule has 7 rings (SSSR count). The van der Waals surface area contributed by atoms with Crippen LogP contribution in [0.15, 0.2) is 146 Å². The Labute approximate surface area is 243 Å². The first-order valence-electron chi connectivity index (χ1n) is 14.4. The van der Waals surface area contributed by atoms with Crippen molar-refractivity contribution >= 4 is 39.1 Å². The predicted molar refractivity (Wildman–Crippen MR) is 177 cm³/mol. The van der Waals surface area contributed by atoms with Crippen LogP contribution in [0.4, 0.5) is 0 Å².